The maximum absolute atomic E-state index is 10.9. The molecule has 4 aliphatic rings. The molecule has 4 rings (SSSR count). The maximum Gasteiger partial charge on any atom is 0.302 e. The minimum atomic E-state index is -0.359. The predicted octanol–water partition coefficient (Wildman–Crippen LogP) is 7.81. The second kappa shape index (κ2) is 16.8. The highest BCUT2D eigenvalue weighted by atomic mass is 16.5. The highest BCUT2D eigenvalue weighted by molar-refractivity contribution is 5.66. The third kappa shape index (κ3) is 13.1. The molecular formula is C39H80N4O8. The first-order valence-electron chi connectivity index (χ1n) is 18.9. The zero-order valence-electron chi connectivity index (χ0n) is 35.8. The SMILES string of the molecule is CC(=O)OC1CC(C)(C)N(O)C(C)(C)C1.CC1(C)CC(O)CC(C)(C)N1O.CC1(C)CCCC(C)(C)N1O.COC1CC(C)(C)N(O)C(C)(C)C1. The van der Waals surface area contributed by atoms with Crippen molar-refractivity contribution in [3.63, 3.8) is 0 Å². The zero-order valence-corrected chi connectivity index (χ0v) is 35.8. The highest BCUT2D eigenvalue weighted by Gasteiger charge is 2.47. The molecule has 4 aliphatic heterocycles. The summed E-state index contributed by atoms with van der Waals surface area (Å²) in [5.41, 5.74) is -1.82. The van der Waals surface area contributed by atoms with E-state index in [9.17, 15) is 30.7 Å². The summed E-state index contributed by atoms with van der Waals surface area (Å²) in [4.78, 5) is 10.9. The fourth-order valence-electron chi connectivity index (χ4n) is 9.04. The number of carbonyl (C=O) groups is 1. The van der Waals surface area contributed by atoms with Crippen LogP contribution in [0.25, 0.3) is 0 Å². The minimum Gasteiger partial charge on any atom is -0.462 e. The molecule has 304 valence electrons. The molecule has 0 atom stereocenters. The van der Waals surface area contributed by atoms with Crippen LogP contribution in [-0.4, -0.2) is 122 Å². The first-order valence-corrected chi connectivity index (χ1v) is 18.9. The van der Waals surface area contributed by atoms with Crippen LogP contribution < -0.4 is 0 Å². The van der Waals surface area contributed by atoms with Gasteiger partial charge in [0.25, 0.3) is 0 Å². The third-order valence-corrected chi connectivity index (χ3v) is 11.2. The second-order valence-corrected chi connectivity index (χ2v) is 20.6. The summed E-state index contributed by atoms with van der Waals surface area (Å²) in [6, 6.07) is 0. The average molecular weight is 733 g/mol. The van der Waals surface area contributed by atoms with Gasteiger partial charge in [0.2, 0.25) is 0 Å². The Morgan fingerprint density at radius 1 is 0.490 bits per heavy atom. The van der Waals surface area contributed by atoms with Gasteiger partial charge in [-0.05, 0) is 156 Å². The first-order chi connectivity index (χ1) is 22.6. The van der Waals surface area contributed by atoms with Crippen LogP contribution in [0.2, 0.25) is 0 Å². The lowest BCUT2D eigenvalue weighted by atomic mass is 9.80. The summed E-state index contributed by atoms with van der Waals surface area (Å²) in [5, 5.41) is 54.9. The van der Waals surface area contributed by atoms with Crippen molar-refractivity contribution in [3.8, 4) is 0 Å². The lowest BCUT2D eigenvalue weighted by Gasteiger charge is -2.51. The summed E-state index contributed by atoms with van der Waals surface area (Å²) in [7, 11) is 1.74. The van der Waals surface area contributed by atoms with Gasteiger partial charge in [0, 0.05) is 71.2 Å². The number of ether oxygens (including phenoxy) is 2. The van der Waals surface area contributed by atoms with Crippen LogP contribution in [0, 0.1) is 0 Å². The number of aliphatic hydroxyl groups excluding tert-OH is 1. The van der Waals surface area contributed by atoms with Gasteiger partial charge in [0.05, 0.1) is 12.2 Å². The molecule has 0 bridgehead atoms. The van der Waals surface area contributed by atoms with E-state index < -0.39 is 0 Å². The maximum atomic E-state index is 10.9. The Hall–Kier alpha value is -0.930. The van der Waals surface area contributed by atoms with Crippen molar-refractivity contribution in [2.24, 2.45) is 0 Å². The van der Waals surface area contributed by atoms with Crippen LogP contribution in [-0.2, 0) is 14.3 Å². The molecule has 12 nitrogen and oxygen atoms in total. The van der Waals surface area contributed by atoms with Crippen molar-refractivity contribution in [2.45, 2.75) is 238 Å². The predicted molar refractivity (Wildman–Crippen MR) is 201 cm³/mol. The molecule has 0 aromatic rings. The van der Waals surface area contributed by atoms with Crippen LogP contribution in [0.5, 0.6) is 0 Å². The molecule has 4 heterocycles. The van der Waals surface area contributed by atoms with Gasteiger partial charge in [-0.25, -0.2) is 0 Å². The van der Waals surface area contributed by atoms with Crippen molar-refractivity contribution < 1.29 is 40.2 Å². The molecule has 12 heteroatoms. The molecule has 0 radical (unpaired) electrons. The van der Waals surface area contributed by atoms with E-state index in [2.05, 4.69) is 27.7 Å². The van der Waals surface area contributed by atoms with E-state index in [1.807, 2.05) is 83.1 Å². The highest BCUT2D eigenvalue weighted by Crippen LogP contribution is 2.40. The fraction of sp³-hybridized carbons (Fsp3) is 0.974. The summed E-state index contributed by atoms with van der Waals surface area (Å²) in [6.07, 6.45) is 7.60. The average Bonchev–Trinajstić information content (AvgIpc) is 2.91. The lowest BCUT2D eigenvalue weighted by Crippen LogP contribution is -2.60. The van der Waals surface area contributed by atoms with Gasteiger partial charge in [-0.15, -0.1) is 0 Å². The molecule has 0 saturated carbocycles. The van der Waals surface area contributed by atoms with Crippen LogP contribution >= 0.6 is 0 Å². The van der Waals surface area contributed by atoms with Gasteiger partial charge in [0.15, 0.2) is 0 Å². The lowest BCUT2D eigenvalue weighted by molar-refractivity contribution is -0.259. The van der Waals surface area contributed by atoms with Gasteiger partial charge >= 0.3 is 5.97 Å². The standard InChI is InChI=1S/C11H21NO3.C10H21NO2.C9H19NO2.C9H19NO/c1-8(13)15-9-6-10(2,3)12(14)11(4,5)7-9;1-9(2)6-8(13-5)7-10(3,4)11(9)12;1-8(2)5-7(11)6-9(3,4)10(8)12;1-8(2)6-5-7-9(3,4)10(8)11/h9,14H,6-7H2,1-5H3;8,12H,6-7H2,1-5H3;7,11-12H,5-6H2,1-4H3;11H,5-7H2,1-4H3. The summed E-state index contributed by atoms with van der Waals surface area (Å²) in [5.74, 6) is -0.252. The fourth-order valence-corrected chi connectivity index (χ4v) is 9.04. The van der Waals surface area contributed by atoms with Crippen molar-refractivity contribution in [1.82, 2.24) is 20.3 Å². The second-order valence-electron chi connectivity index (χ2n) is 20.6. The Morgan fingerprint density at radius 3 is 1.00 bits per heavy atom. The van der Waals surface area contributed by atoms with E-state index in [4.69, 9.17) is 9.47 Å². The van der Waals surface area contributed by atoms with Crippen molar-refractivity contribution in [1.29, 1.82) is 0 Å². The van der Waals surface area contributed by atoms with E-state index in [-0.39, 0.29) is 68.6 Å². The number of piperidine rings is 4. The Kier molecular flexibility index (Phi) is 15.9. The molecule has 0 aromatic carbocycles. The monoisotopic (exact) mass is 733 g/mol. The molecule has 51 heavy (non-hydrogen) atoms. The molecule has 4 fully saturated rings. The van der Waals surface area contributed by atoms with E-state index in [1.165, 1.54) is 33.6 Å². The van der Waals surface area contributed by atoms with Gasteiger partial charge < -0.3 is 35.4 Å². The largest absolute Gasteiger partial charge is 0.462 e. The van der Waals surface area contributed by atoms with Gasteiger partial charge in [-0.2, -0.15) is 20.3 Å². The number of hydrogen-bond acceptors (Lipinski definition) is 12. The number of rotatable bonds is 2. The van der Waals surface area contributed by atoms with E-state index in [1.54, 1.807) is 7.11 Å². The minimum absolute atomic E-state index is 0.0399. The van der Waals surface area contributed by atoms with Crippen LogP contribution in [0.3, 0.4) is 0 Å². The quantitative estimate of drug-likeness (QED) is 0.176. The first kappa shape index (κ1) is 48.1. The Balaban J connectivity index is 0.000000342. The van der Waals surface area contributed by atoms with Gasteiger partial charge in [-0.1, -0.05) is 0 Å². The molecule has 0 amide bonds. The van der Waals surface area contributed by atoms with Crippen LogP contribution in [0.4, 0.5) is 0 Å². The third-order valence-electron chi connectivity index (χ3n) is 11.2. The van der Waals surface area contributed by atoms with Crippen LogP contribution in [0.1, 0.15) is 175 Å². The molecule has 0 aliphatic carbocycles. The summed E-state index contributed by atoms with van der Waals surface area (Å²) >= 11 is 0. The zero-order chi connectivity index (χ0) is 40.4. The number of nitrogens with zero attached hydrogens (tertiary/aromatic N) is 4. The smallest absolute Gasteiger partial charge is 0.302 e. The molecule has 5 N–H and O–H groups in total. The Bertz CT molecular complexity index is 1050. The Labute approximate surface area is 311 Å². The van der Waals surface area contributed by atoms with Gasteiger partial charge in [0.1, 0.15) is 6.10 Å². The van der Waals surface area contributed by atoms with E-state index in [0.717, 1.165) is 25.7 Å². The van der Waals surface area contributed by atoms with Crippen molar-refractivity contribution in [3.05, 3.63) is 0 Å². The molecule has 4 saturated heterocycles. The number of hydroxylamine groups is 8. The molecule has 0 spiro atoms. The number of carbonyl (C=O) groups excluding carboxylic acids is 1. The van der Waals surface area contributed by atoms with Crippen LogP contribution in [0.15, 0.2) is 0 Å². The molecule has 0 aromatic heterocycles. The van der Waals surface area contributed by atoms with Crippen molar-refractivity contribution in [2.75, 3.05) is 7.11 Å². The number of methoxy groups -OCH3 is 1. The van der Waals surface area contributed by atoms with Crippen molar-refractivity contribution >= 4 is 5.97 Å². The summed E-state index contributed by atoms with van der Waals surface area (Å²) in [6.45, 7) is 33.5. The number of aliphatic hydroxyl groups is 1. The van der Waals surface area contributed by atoms with Gasteiger partial charge in [-0.3, -0.25) is 4.79 Å². The number of hydrogen-bond donors (Lipinski definition) is 5. The molecule has 0 unspecified atom stereocenters. The van der Waals surface area contributed by atoms with E-state index >= 15 is 0 Å². The Morgan fingerprint density at radius 2 is 0.745 bits per heavy atom. The van der Waals surface area contributed by atoms with E-state index in [0.29, 0.717) is 25.7 Å². The molecular weight excluding hydrogens is 652 g/mol. The summed E-state index contributed by atoms with van der Waals surface area (Å²) < 4.78 is 10.6. The normalized spacial score (nSPS) is 28.8. The topological polar surface area (TPSA) is 150 Å². The number of esters is 1.